The molecule has 0 saturated carbocycles. The lowest BCUT2D eigenvalue weighted by Gasteiger charge is -2.30. The summed E-state index contributed by atoms with van der Waals surface area (Å²) in [5.41, 5.74) is 3.93. The summed E-state index contributed by atoms with van der Waals surface area (Å²) in [4.78, 5) is 12.7. The van der Waals surface area contributed by atoms with E-state index in [1.54, 1.807) is 0 Å². The number of carbonyl (C=O) groups is 1. The van der Waals surface area contributed by atoms with Crippen LogP contribution in [-0.2, 0) is 33.0 Å². The molecule has 1 aliphatic heterocycles. The molecule has 1 heterocycles. The Morgan fingerprint density at radius 3 is 2.57 bits per heavy atom. The lowest BCUT2D eigenvalue weighted by molar-refractivity contribution is -0.134. The topological polar surface area (TPSA) is 74.7 Å². The second-order valence-electron chi connectivity index (χ2n) is 7.25. The van der Waals surface area contributed by atoms with E-state index < -0.39 is 21.6 Å². The summed E-state index contributed by atoms with van der Waals surface area (Å²) in [6, 6.07) is 6.56. The molecule has 23 heavy (non-hydrogen) atoms. The van der Waals surface area contributed by atoms with Crippen LogP contribution in [0.15, 0.2) is 18.2 Å². The second-order valence-corrected chi connectivity index (χ2v) is 9.43. The molecule has 0 aromatic heterocycles. The average Bonchev–Trinajstić information content (AvgIpc) is 2.42. The highest BCUT2D eigenvalue weighted by Gasteiger charge is 2.22. The molecule has 1 N–H and O–H groups in total. The van der Waals surface area contributed by atoms with Crippen molar-refractivity contribution in [1.29, 1.82) is 0 Å². The number of aliphatic carboxylic acids is 1. The van der Waals surface area contributed by atoms with E-state index in [1.165, 1.54) is 16.7 Å². The lowest BCUT2D eigenvalue weighted by atomic mass is 9.84. The molecule has 0 radical (unpaired) electrons. The first-order valence-corrected chi connectivity index (χ1v) is 9.66. The van der Waals surface area contributed by atoms with Gasteiger partial charge in [0.2, 0.25) is 0 Å². The smallest absolute Gasteiger partial charge is 0.318 e. The van der Waals surface area contributed by atoms with Crippen LogP contribution in [-0.4, -0.2) is 49.0 Å². The van der Waals surface area contributed by atoms with Crippen molar-refractivity contribution in [2.75, 3.05) is 24.6 Å². The molecule has 0 amide bonds. The molecular weight excluding hydrogens is 314 g/mol. The van der Waals surface area contributed by atoms with Crippen molar-refractivity contribution < 1.29 is 18.3 Å². The minimum Gasteiger partial charge on any atom is -0.480 e. The van der Waals surface area contributed by atoms with E-state index in [9.17, 15) is 13.2 Å². The molecule has 1 aromatic rings. The summed E-state index contributed by atoms with van der Waals surface area (Å²) in [5.74, 6) is -2.18. The molecule has 0 aliphatic carbocycles. The number of fused-ring (bicyclic) bond motifs is 1. The first-order valence-electron chi connectivity index (χ1n) is 7.84. The van der Waals surface area contributed by atoms with Gasteiger partial charge in [-0.1, -0.05) is 39.0 Å². The number of sulfone groups is 1. The van der Waals surface area contributed by atoms with Gasteiger partial charge in [0.05, 0.1) is 5.75 Å². The Hall–Kier alpha value is -1.40. The SMILES string of the molecule is CC(C)(C)c1ccc2c(c1)CN(CCS(=O)(=O)CC(=O)O)CC2. The highest BCUT2D eigenvalue weighted by Crippen LogP contribution is 2.27. The minimum atomic E-state index is -3.53. The monoisotopic (exact) mass is 339 g/mol. The van der Waals surface area contributed by atoms with Gasteiger partial charge in [0.25, 0.3) is 0 Å². The Morgan fingerprint density at radius 2 is 1.96 bits per heavy atom. The van der Waals surface area contributed by atoms with Gasteiger partial charge in [-0.25, -0.2) is 8.42 Å². The predicted octanol–water partition coefficient (Wildman–Crippen LogP) is 1.84. The van der Waals surface area contributed by atoms with Crippen molar-refractivity contribution in [3.8, 4) is 0 Å². The highest BCUT2D eigenvalue weighted by molar-refractivity contribution is 7.92. The van der Waals surface area contributed by atoms with Gasteiger partial charge < -0.3 is 5.11 Å². The van der Waals surface area contributed by atoms with Crippen LogP contribution in [0.4, 0.5) is 0 Å². The Labute approximate surface area is 138 Å². The van der Waals surface area contributed by atoms with Crippen LogP contribution < -0.4 is 0 Å². The Bertz CT molecular complexity index is 689. The van der Waals surface area contributed by atoms with E-state index in [-0.39, 0.29) is 11.2 Å². The van der Waals surface area contributed by atoms with Gasteiger partial charge >= 0.3 is 5.97 Å². The van der Waals surface area contributed by atoms with E-state index in [2.05, 4.69) is 43.9 Å². The fourth-order valence-corrected chi connectivity index (χ4v) is 3.86. The molecule has 2 rings (SSSR count). The average molecular weight is 339 g/mol. The zero-order valence-electron chi connectivity index (χ0n) is 14.0. The molecule has 1 aromatic carbocycles. The Morgan fingerprint density at radius 1 is 1.26 bits per heavy atom. The van der Waals surface area contributed by atoms with Crippen molar-refractivity contribution in [2.24, 2.45) is 0 Å². The number of rotatable bonds is 5. The second kappa shape index (κ2) is 6.61. The lowest BCUT2D eigenvalue weighted by Crippen LogP contribution is -2.35. The van der Waals surface area contributed by atoms with Gasteiger partial charge in [0, 0.05) is 19.6 Å². The summed E-state index contributed by atoms with van der Waals surface area (Å²) in [7, 11) is -3.53. The summed E-state index contributed by atoms with van der Waals surface area (Å²) in [6.45, 7) is 8.44. The molecular formula is C17H25NO4S. The molecule has 0 saturated heterocycles. The first-order chi connectivity index (χ1) is 10.6. The third-order valence-corrected chi connectivity index (χ3v) is 5.72. The Balaban J connectivity index is 2.04. The number of hydrogen-bond acceptors (Lipinski definition) is 4. The predicted molar refractivity (Wildman–Crippen MR) is 90.4 cm³/mol. The van der Waals surface area contributed by atoms with Gasteiger partial charge in [-0.05, 0) is 28.5 Å². The number of nitrogens with zero attached hydrogens (tertiary/aromatic N) is 1. The molecule has 6 heteroatoms. The maximum Gasteiger partial charge on any atom is 0.318 e. The van der Waals surface area contributed by atoms with Crippen LogP contribution in [0.2, 0.25) is 0 Å². The molecule has 0 spiro atoms. The summed E-state index contributed by atoms with van der Waals surface area (Å²) in [5, 5.41) is 8.63. The van der Waals surface area contributed by atoms with E-state index in [1.807, 2.05) is 0 Å². The number of hydrogen-bond donors (Lipinski definition) is 1. The van der Waals surface area contributed by atoms with Gasteiger partial charge in [-0.15, -0.1) is 0 Å². The molecule has 0 bridgehead atoms. The zero-order chi connectivity index (χ0) is 17.3. The van der Waals surface area contributed by atoms with Gasteiger partial charge in [0.1, 0.15) is 5.75 Å². The van der Waals surface area contributed by atoms with Crippen LogP contribution in [0.5, 0.6) is 0 Å². The van der Waals surface area contributed by atoms with Crippen LogP contribution in [0.25, 0.3) is 0 Å². The van der Waals surface area contributed by atoms with Gasteiger partial charge in [-0.2, -0.15) is 0 Å². The van der Waals surface area contributed by atoms with Gasteiger partial charge in [-0.3, -0.25) is 9.69 Å². The quantitative estimate of drug-likeness (QED) is 0.886. The number of benzene rings is 1. The fraction of sp³-hybridized carbons (Fsp3) is 0.588. The minimum absolute atomic E-state index is 0.0855. The zero-order valence-corrected chi connectivity index (χ0v) is 14.8. The summed E-state index contributed by atoms with van der Waals surface area (Å²) < 4.78 is 23.4. The van der Waals surface area contributed by atoms with E-state index >= 15 is 0 Å². The number of carboxylic acids is 1. The fourth-order valence-electron chi connectivity index (χ4n) is 2.80. The van der Waals surface area contributed by atoms with Gasteiger partial charge in [0.15, 0.2) is 9.84 Å². The van der Waals surface area contributed by atoms with Crippen molar-refractivity contribution in [2.45, 2.75) is 39.2 Å². The summed E-state index contributed by atoms with van der Waals surface area (Å²) in [6.07, 6.45) is 0.902. The molecule has 5 nitrogen and oxygen atoms in total. The van der Waals surface area contributed by atoms with Crippen molar-refractivity contribution in [1.82, 2.24) is 4.90 Å². The maximum atomic E-state index is 11.7. The van der Waals surface area contributed by atoms with Crippen LogP contribution in [0, 0.1) is 0 Å². The van der Waals surface area contributed by atoms with E-state index in [4.69, 9.17) is 5.11 Å². The third-order valence-electron chi connectivity index (χ3n) is 4.23. The first kappa shape index (κ1) is 17.9. The largest absolute Gasteiger partial charge is 0.480 e. The van der Waals surface area contributed by atoms with Crippen LogP contribution >= 0.6 is 0 Å². The third kappa shape index (κ3) is 5.04. The van der Waals surface area contributed by atoms with E-state index in [0.717, 1.165) is 19.5 Å². The number of carboxylic acid groups (broad SMARTS) is 1. The highest BCUT2D eigenvalue weighted by atomic mass is 32.2. The standard InChI is InChI=1S/C17H25NO4S/c1-17(2,3)15-5-4-13-6-7-18(11-14(13)10-15)8-9-23(21,22)12-16(19)20/h4-5,10H,6-9,11-12H2,1-3H3,(H,19,20). The van der Waals surface area contributed by atoms with Crippen molar-refractivity contribution in [3.63, 3.8) is 0 Å². The van der Waals surface area contributed by atoms with Crippen LogP contribution in [0.3, 0.4) is 0 Å². The van der Waals surface area contributed by atoms with Crippen LogP contribution in [0.1, 0.15) is 37.5 Å². The molecule has 0 fully saturated rings. The molecule has 0 unspecified atom stereocenters. The normalized spacial score (nSPS) is 16.1. The summed E-state index contributed by atoms with van der Waals surface area (Å²) >= 11 is 0. The molecule has 0 atom stereocenters. The van der Waals surface area contributed by atoms with Crippen molar-refractivity contribution >= 4 is 15.8 Å². The molecule has 1 aliphatic rings. The Kier molecular flexibility index (Phi) is 5.16. The van der Waals surface area contributed by atoms with Crippen molar-refractivity contribution in [3.05, 3.63) is 34.9 Å². The van der Waals surface area contributed by atoms with E-state index in [0.29, 0.717) is 6.54 Å². The maximum absolute atomic E-state index is 11.7. The molecule has 128 valence electrons.